The molecule has 0 spiro atoms. The third-order valence-electron chi connectivity index (χ3n) is 2.60. The lowest BCUT2D eigenvalue weighted by atomic mass is 10.2. The molecule has 0 N–H and O–H groups in total. The van der Waals surface area contributed by atoms with Crippen molar-refractivity contribution in [2.45, 2.75) is 19.1 Å². The van der Waals surface area contributed by atoms with Gasteiger partial charge in [-0.15, -0.1) is 22.9 Å². The summed E-state index contributed by atoms with van der Waals surface area (Å²) in [6.45, 7) is 3.05. The Labute approximate surface area is 114 Å². The molecule has 2 atom stereocenters. The van der Waals surface area contributed by atoms with Gasteiger partial charge in [0.15, 0.2) is 0 Å². The van der Waals surface area contributed by atoms with E-state index in [1.54, 1.807) is 11.0 Å². The maximum atomic E-state index is 12.2. The van der Waals surface area contributed by atoms with Crippen LogP contribution in [0.25, 0.3) is 0 Å². The first-order valence-corrected chi connectivity index (χ1v) is 7.14. The van der Waals surface area contributed by atoms with Crippen molar-refractivity contribution in [2.75, 3.05) is 19.0 Å². The lowest BCUT2D eigenvalue weighted by Gasteiger charge is -2.35. The molecule has 6 heteroatoms. The predicted octanol–water partition coefficient (Wildman–Crippen LogP) is 2.87. The van der Waals surface area contributed by atoms with E-state index >= 15 is 0 Å². The second-order valence-corrected chi connectivity index (χ2v) is 5.66. The largest absolute Gasteiger partial charge is 0.370 e. The fraction of sp³-hybridized carbons (Fsp3) is 0.545. The number of hydrogen-bond donors (Lipinski definition) is 0. The third-order valence-corrected chi connectivity index (χ3v) is 4.27. The van der Waals surface area contributed by atoms with E-state index in [0.29, 0.717) is 28.9 Å². The molecular weight excluding hydrogens is 281 g/mol. The van der Waals surface area contributed by atoms with Crippen LogP contribution in [-0.2, 0) is 4.74 Å². The van der Waals surface area contributed by atoms with Crippen LogP contribution in [0, 0.1) is 0 Å². The molecule has 17 heavy (non-hydrogen) atoms. The molecule has 0 saturated carbocycles. The molecule has 0 aromatic carbocycles. The predicted molar refractivity (Wildman–Crippen MR) is 70.3 cm³/mol. The van der Waals surface area contributed by atoms with Gasteiger partial charge in [-0.3, -0.25) is 4.79 Å². The van der Waals surface area contributed by atoms with Crippen LogP contribution < -0.4 is 0 Å². The highest BCUT2D eigenvalue weighted by molar-refractivity contribution is 7.12. The van der Waals surface area contributed by atoms with Crippen LogP contribution in [0.15, 0.2) is 11.4 Å². The van der Waals surface area contributed by atoms with Gasteiger partial charge in [0, 0.05) is 13.1 Å². The highest BCUT2D eigenvalue weighted by Gasteiger charge is 2.29. The van der Waals surface area contributed by atoms with E-state index in [1.807, 2.05) is 12.3 Å². The number of ether oxygens (including phenoxy) is 1. The highest BCUT2D eigenvalue weighted by atomic mass is 35.5. The summed E-state index contributed by atoms with van der Waals surface area (Å²) in [4.78, 5) is 14.6. The lowest BCUT2D eigenvalue weighted by Crippen LogP contribution is -2.49. The van der Waals surface area contributed by atoms with Crippen LogP contribution >= 0.6 is 34.5 Å². The van der Waals surface area contributed by atoms with Crippen molar-refractivity contribution in [3.05, 3.63) is 21.3 Å². The number of rotatable bonds is 2. The number of amides is 1. The number of alkyl halides is 1. The first-order chi connectivity index (χ1) is 8.11. The smallest absolute Gasteiger partial charge is 0.265 e. The van der Waals surface area contributed by atoms with Crippen LogP contribution in [0.5, 0.6) is 0 Å². The van der Waals surface area contributed by atoms with Crippen molar-refractivity contribution in [1.29, 1.82) is 0 Å². The van der Waals surface area contributed by atoms with Gasteiger partial charge in [-0.05, 0) is 18.4 Å². The number of carbonyl (C=O) groups excluding carboxylic acids is 1. The number of carbonyl (C=O) groups is 1. The van der Waals surface area contributed by atoms with Crippen LogP contribution in [0.4, 0.5) is 0 Å². The van der Waals surface area contributed by atoms with Crippen molar-refractivity contribution < 1.29 is 9.53 Å². The molecule has 2 heterocycles. The molecule has 1 aliphatic heterocycles. The first-order valence-electron chi connectivity index (χ1n) is 5.35. The normalized spacial score (nSPS) is 25.0. The van der Waals surface area contributed by atoms with E-state index in [1.165, 1.54) is 11.3 Å². The number of morpholine rings is 1. The molecule has 0 aliphatic carbocycles. The Kier molecular flexibility index (Phi) is 4.31. The summed E-state index contributed by atoms with van der Waals surface area (Å²) in [5.41, 5.74) is 0. The maximum Gasteiger partial charge on any atom is 0.265 e. The van der Waals surface area contributed by atoms with E-state index in [2.05, 4.69) is 0 Å². The fourth-order valence-corrected chi connectivity index (χ4v) is 3.16. The van der Waals surface area contributed by atoms with Crippen LogP contribution in [0.3, 0.4) is 0 Å². The summed E-state index contributed by atoms with van der Waals surface area (Å²) in [5, 5.41) is 2.33. The zero-order valence-corrected chi connectivity index (χ0v) is 11.7. The average molecular weight is 294 g/mol. The molecule has 1 aromatic rings. The minimum atomic E-state index is -0.0943. The Hall–Kier alpha value is -0.290. The van der Waals surface area contributed by atoms with Gasteiger partial charge in [0.05, 0.1) is 23.1 Å². The van der Waals surface area contributed by atoms with Gasteiger partial charge in [-0.2, -0.15) is 0 Å². The van der Waals surface area contributed by atoms with Gasteiger partial charge >= 0.3 is 0 Å². The van der Waals surface area contributed by atoms with Gasteiger partial charge in [-0.25, -0.2) is 0 Å². The molecule has 1 aromatic heterocycles. The summed E-state index contributed by atoms with van der Waals surface area (Å²) in [5.74, 6) is 0.363. The Morgan fingerprint density at radius 2 is 2.41 bits per heavy atom. The summed E-state index contributed by atoms with van der Waals surface area (Å²) in [7, 11) is 0. The van der Waals surface area contributed by atoms with Crippen molar-refractivity contribution >= 4 is 40.4 Å². The standard InChI is InChI=1S/C11H13Cl2NO2S/c1-7-5-14(6-8(4-12)16-7)11(15)10-9(13)2-3-17-10/h2-3,7-8H,4-6H2,1H3. The highest BCUT2D eigenvalue weighted by Crippen LogP contribution is 2.25. The van der Waals surface area contributed by atoms with Gasteiger partial charge in [0.25, 0.3) is 5.91 Å². The van der Waals surface area contributed by atoms with E-state index in [9.17, 15) is 4.79 Å². The van der Waals surface area contributed by atoms with Gasteiger partial charge in [0.1, 0.15) is 4.88 Å². The Bertz CT molecular complexity index is 410. The zero-order valence-electron chi connectivity index (χ0n) is 9.36. The van der Waals surface area contributed by atoms with E-state index < -0.39 is 0 Å². The summed E-state index contributed by atoms with van der Waals surface area (Å²) in [6, 6.07) is 1.74. The second kappa shape index (κ2) is 5.57. The fourth-order valence-electron chi connectivity index (χ4n) is 1.89. The molecule has 2 rings (SSSR count). The summed E-state index contributed by atoms with van der Waals surface area (Å²) < 4.78 is 5.61. The van der Waals surface area contributed by atoms with Gasteiger partial charge < -0.3 is 9.64 Å². The second-order valence-electron chi connectivity index (χ2n) is 4.03. The van der Waals surface area contributed by atoms with E-state index in [4.69, 9.17) is 27.9 Å². The van der Waals surface area contributed by atoms with Crippen molar-refractivity contribution in [1.82, 2.24) is 4.90 Å². The number of nitrogens with zero attached hydrogens (tertiary/aromatic N) is 1. The molecule has 2 unspecified atom stereocenters. The monoisotopic (exact) mass is 293 g/mol. The third kappa shape index (κ3) is 2.94. The van der Waals surface area contributed by atoms with Gasteiger partial charge in [0.2, 0.25) is 0 Å². The van der Waals surface area contributed by atoms with E-state index in [-0.39, 0.29) is 18.1 Å². The SMILES string of the molecule is CC1CN(C(=O)c2sccc2Cl)CC(CCl)O1. The van der Waals surface area contributed by atoms with Crippen molar-refractivity contribution in [2.24, 2.45) is 0 Å². The number of hydrogen-bond acceptors (Lipinski definition) is 3. The minimum Gasteiger partial charge on any atom is -0.370 e. The van der Waals surface area contributed by atoms with Crippen LogP contribution in [-0.4, -0.2) is 42.0 Å². The molecule has 1 saturated heterocycles. The Morgan fingerprint density at radius 1 is 1.65 bits per heavy atom. The topological polar surface area (TPSA) is 29.5 Å². The molecule has 0 bridgehead atoms. The maximum absolute atomic E-state index is 12.2. The summed E-state index contributed by atoms with van der Waals surface area (Å²) in [6.07, 6.45) is -0.0849. The van der Waals surface area contributed by atoms with Crippen molar-refractivity contribution in [3.63, 3.8) is 0 Å². The minimum absolute atomic E-state index is 0.00943. The molecule has 0 radical (unpaired) electrons. The van der Waals surface area contributed by atoms with E-state index in [0.717, 1.165) is 0 Å². The Balaban J connectivity index is 2.11. The average Bonchev–Trinajstić information content (AvgIpc) is 2.73. The molecular formula is C11H13Cl2NO2S. The van der Waals surface area contributed by atoms with Crippen LogP contribution in [0.2, 0.25) is 5.02 Å². The molecule has 3 nitrogen and oxygen atoms in total. The Morgan fingerprint density at radius 3 is 3.00 bits per heavy atom. The zero-order chi connectivity index (χ0) is 12.4. The van der Waals surface area contributed by atoms with Crippen LogP contribution in [0.1, 0.15) is 16.6 Å². The number of thiophene rings is 1. The summed E-state index contributed by atoms with van der Waals surface area (Å²) >= 11 is 13.1. The molecule has 94 valence electrons. The van der Waals surface area contributed by atoms with Crippen molar-refractivity contribution in [3.8, 4) is 0 Å². The molecule has 1 aliphatic rings. The quantitative estimate of drug-likeness (QED) is 0.785. The number of halogens is 2. The van der Waals surface area contributed by atoms with Gasteiger partial charge in [-0.1, -0.05) is 11.6 Å². The molecule has 1 fully saturated rings. The molecule has 1 amide bonds. The first kappa shape index (κ1) is 13.1. The lowest BCUT2D eigenvalue weighted by molar-refractivity contribution is -0.0569.